The summed E-state index contributed by atoms with van der Waals surface area (Å²) in [6.07, 6.45) is 0. The molecule has 114 valence electrons. The Morgan fingerprint density at radius 2 is 1.86 bits per heavy atom. The first-order valence-electron chi connectivity index (χ1n) is 6.53. The standard InChI is InChI=1S/C15H19NO4S/c1-10-5-6-14(11(2)7-10)16(4)21(18,19)15-8-13(9-17)20-12(15)3/h5-8,17H,9H2,1-4H3. The number of aliphatic hydroxyl groups is 1. The quantitative estimate of drug-likeness (QED) is 0.942. The SMILES string of the molecule is Cc1ccc(N(C)S(=O)(=O)c2cc(CO)oc2C)c(C)c1. The number of nitrogens with zero attached hydrogens (tertiary/aromatic N) is 1. The summed E-state index contributed by atoms with van der Waals surface area (Å²) < 4.78 is 31.9. The van der Waals surface area contributed by atoms with Crippen molar-refractivity contribution in [1.82, 2.24) is 0 Å². The van der Waals surface area contributed by atoms with E-state index in [9.17, 15) is 8.42 Å². The highest BCUT2D eigenvalue weighted by atomic mass is 32.2. The molecule has 0 amide bonds. The highest BCUT2D eigenvalue weighted by Crippen LogP contribution is 2.29. The Labute approximate surface area is 124 Å². The van der Waals surface area contributed by atoms with E-state index in [4.69, 9.17) is 9.52 Å². The molecule has 0 unspecified atom stereocenters. The van der Waals surface area contributed by atoms with Gasteiger partial charge >= 0.3 is 0 Å². The molecule has 1 N–H and O–H groups in total. The minimum Gasteiger partial charge on any atom is -0.462 e. The molecule has 0 saturated carbocycles. The van der Waals surface area contributed by atoms with E-state index in [0.717, 1.165) is 11.1 Å². The molecule has 0 aliphatic carbocycles. The van der Waals surface area contributed by atoms with Gasteiger partial charge in [0.2, 0.25) is 0 Å². The van der Waals surface area contributed by atoms with Crippen molar-refractivity contribution < 1.29 is 17.9 Å². The molecule has 0 bridgehead atoms. The molecular weight excluding hydrogens is 290 g/mol. The van der Waals surface area contributed by atoms with Crippen molar-refractivity contribution in [2.75, 3.05) is 11.4 Å². The van der Waals surface area contributed by atoms with Gasteiger partial charge in [-0.15, -0.1) is 0 Å². The van der Waals surface area contributed by atoms with Crippen LogP contribution >= 0.6 is 0 Å². The summed E-state index contributed by atoms with van der Waals surface area (Å²) in [5, 5.41) is 9.07. The third kappa shape index (κ3) is 2.82. The summed E-state index contributed by atoms with van der Waals surface area (Å²) in [5.74, 6) is 0.510. The second-order valence-corrected chi connectivity index (χ2v) is 6.99. The number of sulfonamides is 1. The number of hydrogen-bond donors (Lipinski definition) is 1. The van der Waals surface area contributed by atoms with Crippen molar-refractivity contribution in [2.45, 2.75) is 32.3 Å². The smallest absolute Gasteiger partial charge is 0.267 e. The highest BCUT2D eigenvalue weighted by molar-refractivity contribution is 7.92. The first kappa shape index (κ1) is 15.6. The topological polar surface area (TPSA) is 70.8 Å². The van der Waals surface area contributed by atoms with Crippen LogP contribution in [0.25, 0.3) is 0 Å². The minimum atomic E-state index is -3.72. The number of rotatable bonds is 4. The van der Waals surface area contributed by atoms with Crippen LogP contribution in [0.5, 0.6) is 0 Å². The molecule has 21 heavy (non-hydrogen) atoms. The normalized spacial score (nSPS) is 11.7. The van der Waals surface area contributed by atoms with Gasteiger partial charge in [0, 0.05) is 13.1 Å². The van der Waals surface area contributed by atoms with Crippen LogP contribution in [0, 0.1) is 20.8 Å². The Kier molecular flexibility index (Phi) is 4.11. The van der Waals surface area contributed by atoms with Gasteiger partial charge in [-0.3, -0.25) is 4.31 Å². The van der Waals surface area contributed by atoms with Crippen LogP contribution in [0.2, 0.25) is 0 Å². The van der Waals surface area contributed by atoms with E-state index in [2.05, 4.69) is 0 Å². The lowest BCUT2D eigenvalue weighted by molar-refractivity contribution is 0.244. The predicted molar refractivity (Wildman–Crippen MR) is 80.9 cm³/mol. The maximum Gasteiger partial charge on any atom is 0.267 e. The van der Waals surface area contributed by atoms with E-state index < -0.39 is 10.0 Å². The van der Waals surface area contributed by atoms with Gasteiger partial charge in [0.05, 0.1) is 5.69 Å². The fourth-order valence-corrected chi connectivity index (χ4v) is 3.74. The van der Waals surface area contributed by atoms with E-state index in [1.165, 1.54) is 17.4 Å². The largest absolute Gasteiger partial charge is 0.462 e. The lowest BCUT2D eigenvalue weighted by Crippen LogP contribution is -2.27. The predicted octanol–water partition coefficient (Wildman–Crippen LogP) is 2.52. The Hall–Kier alpha value is -1.79. The number of furan rings is 1. The monoisotopic (exact) mass is 309 g/mol. The Balaban J connectivity index is 2.49. The molecule has 0 spiro atoms. The molecule has 1 heterocycles. The molecular formula is C15H19NO4S. The second-order valence-electron chi connectivity index (χ2n) is 5.05. The zero-order valence-electron chi connectivity index (χ0n) is 12.5. The van der Waals surface area contributed by atoms with Gasteiger partial charge in [0.25, 0.3) is 10.0 Å². The summed E-state index contributed by atoms with van der Waals surface area (Å²) in [5.41, 5.74) is 2.57. The molecule has 1 aromatic carbocycles. The van der Waals surface area contributed by atoms with Crippen molar-refractivity contribution >= 4 is 15.7 Å². The molecule has 0 radical (unpaired) electrons. The van der Waals surface area contributed by atoms with Gasteiger partial charge in [0.1, 0.15) is 23.0 Å². The summed E-state index contributed by atoms with van der Waals surface area (Å²) in [7, 11) is -2.21. The van der Waals surface area contributed by atoms with Crippen LogP contribution in [0.15, 0.2) is 33.6 Å². The van der Waals surface area contributed by atoms with Gasteiger partial charge < -0.3 is 9.52 Å². The Morgan fingerprint density at radius 3 is 2.38 bits per heavy atom. The number of anilines is 1. The van der Waals surface area contributed by atoms with Gasteiger partial charge in [-0.1, -0.05) is 17.7 Å². The average Bonchev–Trinajstić information content (AvgIpc) is 2.80. The van der Waals surface area contributed by atoms with E-state index >= 15 is 0 Å². The van der Waals surface area contributed by atoms with Crippen LogP contribution < -0.4 is 4.31 Å². The van der Waals surface area contributed by atoms with Crippen molar-refractivity contribution in [3.8, 4) is 0 Å². The van der Waals surface area contributed by atoms with Crippen molar-refractivity contribution in [1.29, 1.82) is 0 Å². The number of aryl methyl sites for hydroxylation is 3. The van der Waals surface area contributed by atoms with Gasteiger partial charge in [-0.25, -0.2) is 8.42 Å². The van der Waals surface area contributed by atoms with Crippen LogP contribution in [-0.4, -0.2) is 20.6 Å². The molecule has 0 aliphatic heterocycles. The van der Waals surface area contributed by atoms with Crippen LogP contribution in [-0.2, 0) is 16.6 Å². The Bertz CT molecular complexity index is 762. The van der Waals surface area contributed by atoms with Gasteiger partial charge in [-0.05, 0) is 32.4 Å². The number of aliphatic hydroxyl groups excluding tert-OH is 1. The lowest BCUT2D eigenvalue weighted by atomic mass is 10.1. The van der Waals surface area contributed by atoms with Crippen LogP contribution in [0.4, 0.5) is 5.69 Å². The third-order valence-electron chi connectivity index (χ3n) is 3.41. The third-order valence-corrected chi connectivity index (χ3v) is 5.29. The molecule has 0 fully saturated rings. The zero-order valence-corrected chi connectivity index (χ0v) is 13.4. The molecule has 5 nitrogen and oxygen atoms in total. The maximum absolute atomic E-state index is 12.7. The average molecular weight is 309 g/mol. The first-order chi connectivity index (χ1) is 9.77. The van der Waals surface area contributed by atoms with Crippen molar-refractivity contribution in [3.05, 3.63) is 46.9 Å². The summed E-state index contributed by atoms with van der Waals surface area (Å²) in [4.78, 5) is 0.0778. The summed E-state index contributed by atoms with van der Waals surface area (Å²) >= 11 is 0. The van der Waals surface area contributed by atoms with Gasteiger partial charge in [-0.2, -0.15) is 0 Å². The molecule has 2 rings (SSSR count). The number of benzene rings is 1. The molecule has 0 aliphatic rings. The van der Waals surface area contributed by atoms with Crippen LogP contribution in [0.1, 0.15) is 22.6 Å². The molecule has 2 aromatic rings. The summed E-state index contributed by atoms with van der Waals surface area (Å²) in [6, 6.07) is 6.95. The van der Waals surface area contributed by atoms with E-state index in [0.29, 0.717) is 5.69 Å². The fraction of sp³-hybridized carbons (Fsp3) is 0.333. The lowest BCUT2D eigenvalue weighted by Gasteiger charge is -2.21. The van der Waals surface area contributed by atoms with E-state index in [1.807, 2.05) is 26.0 Å². The van der Waals surface area contributed by atoms with Gasteiger partial charge in [0.15, 0.2) is 0 Å². The maximum atomic E-state index is 12.7. The van der Waals surface area contributed by atoms with E-state index in [1.54, 1.807) is 13.0 Å². The van der Waals surface area contributed by atoms with E-state index in [-0.39, 0.29) is 23.0 Å². The van der Waals surface area contributed by atoms with Crippen molar-refractivity contribution in [2.24, 2.45) is 0 Å². The van der Waals surface area contributed by atoms with Crippen molar-refractivity contribution in [3.63, 3.8) is 0 Å². The first-order valence-corrected chi connectivity index (χ1v) is 7.97. The van der Waals surface area contributed by atoms with Crippen LogP contribution in [0.3, 0.4) is 0 Å². The second kappa shape index (κ2) is 5.54. The zero-order chi connectivity index (χ0) is 15.8. The molecule has 0 atom stereocenters. The Morgan fingerprint density at radius 1 is 1.19 bits per heavy atom. The molecule has 0 saturated heterocycles. The molecule has 6 heteroatoms. The molecule has 1 aromatic heterocycles. The number of hydrogen-bond acceptors (Lipinski definition) is 4. The summed E-state index contributed by atoms with van der Waals surface area (Å²) in [6.45, 7) is 5.07. The fourth-order valence-electron chi connectivity index (χ4n) is 2.29. The highest BCUT2D eigenvalue weighted by Gasteiger charge is 2.27. The minimum absolute atomic E-state index is 0.0778.